The zero-order valence-electron chi connectivity index (χ0n) is 19.3. The summed E-state index contributed by atoms with van der Waals surface area (Å²) in [6, 6.07) is 3.51. The number of hydrogen-bond donors (Lipinski definition) is 2. The van der Waals surface area contributed by atoms with Crippen molar-refractivity contribution in [2.45, 2.75) is 40.5 Å². The molecule has 6 nitrogen and oxygen atoms in total. The molecule has 0 spiro atoms. The van der Waals surface area contributed by atoms with Gasteiger partial charge in [0.1, 0.15) is 17.4 Å². The van der Waals surface area contributed by atoms with Crippen LogP contribution >= 0.6 is 0 Å². The minimum atomic E-state index is -0.801. The molecule has 1 unspecified atom stereocenters. The van der Waals surface area contributed by atoms with Crippen molar-refractivity contribution in [2.75, 3.05) is 13.1 Å². The Morgan fingerprint density at radius 1 is 1.33 bits per heavy atom. The van der Waals surface area contributed by atoms with Crippen molar-refractivity contribution in [3.8, 4) is 0 Å². The molecule has 1 amide bonds. The minimum Gasteiger partial charge on any atom is -0.438 e. The SMILES string of the molecule is CCN(CC12CC[C@@H](/C(=C/C(=N)c3c(F)cccc3F)C1=N)C2(C)C)C(=O)c1ncc(C)o1. The van der Waals surface area contributed by atoms with Crippen LogP contribution in [0.15, 0.2) is 40.5 Å². The normalized spacial score (nSPS) is 24.5. The van der Waals surface area contributed by atoms with Crippen LogP contribution in [0.5, 0.6) is 0 Å². The van der Waals surface area contributed by atoms with Gasteiger partial charge in [-0.05, 0) is 61.8 Å². The van der Waals surface area contributed by atoms with E-state index in [2.05, 4.69) is 18.8 Å². The maximum atomic E-state index is 14.2. The summed E-state index contributed by atoms with van der Waals surface area (Å²) in [6.45, 7) is 8.47. The van der Waals surface area contributed by atoms with Crippen molar-refractivity contribution in [2.24, 2.45) is 16.7 Å². The lowest BCUT2D eigenvalue weighted by Gasteiger charge is -2.41. The fourth-order valence-electron chi connectivity index (χ4n) is 5.61. The van der Waals surface area contributed by atoms with Crippen LogP contribution in [-0.2, 0) is 0 Å². The van der Waals surface area contributed by atoms with E-state index in [9.17, 15) is 13.6 Å². The first-order valence-electron chi connectivity index (χ1n) is 11.1. The van der Waals surface area contributed by atoms with Crippen LogP contribution in [0.3, 0.4) is 0 Å². The molecule has 2 aliphatic rings. The number of nitrogens with one attached hydrogen (secondary N) is 2. The van der Waals surface area contributed by atoms with Crippen LogP contribution in [0.25, 0.3) is 0 Å². The first kappa shape index (κ1) is 23.0. The number of amides is 1. The molecule has 0 radical (unpaired) electrons. The third-order valence-corrected chi connectivity index (χ3v) is 7.57. The van der Waals surface area contributed by atoms with Crippen molar-refractivity contribution in [1.82, 2.24) is 9.88 Å². The fraction of sp³-hybridized carbons (Fsp3) is 0.440. The smallest absolute Gasteiger partial charge is 0.309 e. The lowest BCUT2D eigenvalue weighted by Crippen LogP contribution is -2.48. The summed E-state index contributed by atoms with van der Waals surface area (Å²) < 4.78 is 33.9. The number of hydrogen-bond acceptors (Lipinski definition) is 5. The third-order valence-electron chi connectivity index (χ3n) is 7.57. The molecule has 0 saturated heterocycles. The maximum Gasteiger partial charge on any atom is 0.309 e. The molecule has 1 heterocycles. The maximum absolute atomic E-state index is 14.2. The number of halogens is 2. The van der Waals surface area contributed by atoms with Crippen LogP contribution in [-0.4, -0.2) is 40.3 Å². The molecule has 8 heteroatoms. The minimum absolute atomic E-state index is 0.0233. The number of nitrogens with zero attached hydrogens (tertiary/aromatic N) is 2. The number of aryl methyl sites for hydroxylation is 1. The van der Waals surface area contributed by atoms with E-state index in [1.807, 2.05) is 6.92 Å². The second kappa shape index (κ2) is 8.01. The Labute approximate surface area is 191 Å². The summed E-state index contributed by atoms with van der Waals surface area (Å²) in [7, 11) is 0. The third kappa shape index (κ3) is 3.43. The molecular weight excluding hydrogens is 426 g/mol. The predicted molar refractivity (Wildman–Crippen MR) is 121 cm³/mol. The molecule has 2 aliphatic carbocycles. The Morgan fingerprint density at radius 2 is 2.00 bits per heavy atom. The van der Waals surface area contributed by atoms with Crippen LogP contribution in [0.4, 0.5) is 8.78 Å². The highest BCUT2D eigenvalue weighted by Gasteiger charge is 2.65. The number of oxazole rings is 1. The molecule has 2 aromatic rings. The summed E-state index contributed by atoms with van der Waals surface area (Å²) in [4.78, 5) is 18.8. The standard InChI is InChI=1S/C25H28F2N4O2/c1-5-31(23(32)22-30-12-14(2)33-22)13-25-10-9-16(24(25,3)4)15(21(25)29)11-19(28)20-17(26)7-6-8-18(20)27/h6-8,11-12,16,28-29H,5,9-10,13H2,1-4H3/b15-11-,28-19?,29-21?/t16-,25?/m0/s1. The van der Waals surface area contributed by atoms with Gasteiger partial charge in [0.15, 0.2) is 0 Å². The van der Waals surface area contributed by atoms with Crippen LogP contribution in [0, 0.1) is 46.1 Å². The summed E-state index contributed by atoms with van der Waals surface area (Å²) in [5.74, 6) is -1.40. The van der Waals surface area contributed by atoms with Gasteiger partial charge in [0.25, 0.3) is 5.89 Å². The zero-order valence-corrected chi connectivity index (χ0v) is 19.3. The van der Waals surface area contributed by atoms with Crippen LogP contribution in [0.1, 0.15) is 55.6 Å². The zero-order chi connectivity index (χ0) is 24.1. The van der Waals surface area contributed by atoms with Gasteiger partial charge >= 0.3 is 5.91 Å². The summed E-state index contributed by atoms with van der Waals surface area (Å²) in [5.41, 5.74) is -0.733. The highest BCUT2D eigenvalue weighted by molar-refractivity contribution is 6.15. The van der Waals surface area contributed by atoms with Crippen molar-refractivity contribution >= 4 is 17.3 Å². The Hall–Kier alpha value is -3.16. The number of benzene rings is 1. The summed E-state index contributed by atoms with van der Waals surface area (Å²) in [6.07, 6.45) is 4.43. The lowest BCUT2D eigenvalue weighted by molar-refractivity contribution is 0.0590. The van der Waals surface area contributed by atoms with Crippen LogP contribution < -0.4 is 0 Å². The van der Waals surface area contributed by atoms with E-state index in [0.29, 0.717) is 30.1 Å². The highest BCUT2D eigenvalue weighted by atomic mass is 19.1. The quantitative estimate of drug-likeness (QED) is 0.590. The second-order valence-electron chi connectivity index (χ2n) is 9.48. The Kier molecular flexibility index (Phi) is 5.58. The molecule has 4 rings (SSSR count). The predicted octanol–water partition coefficient (Wildman–Crippen LogP) is 5.17. The Morgan fingerprint density at radius 3 is 2.58 bits per heavy atom. The number of allylic oxidation sites excluding steroid dienone is 2. The van der Waals surface area contributed by atoms with E-state index in [0.717, 1.165) is 25.0 Å². The van der Waals surface area contributed by atoms with Gasteiger partial charge < -0.3 is 20.1 Å². The second-order valence-corrected chi connectivity index (χ2v) is 9.48. The first-order valence-corrected chi connectivity index (χ1v) is 11.1. The molecule has 2 fully saturated rings. The molecule has 1 aromatic heterocycles. The van der Waals surface area contributed by atoms with Crippen molar-refractivity contribution in [1.29, 1.82) is 10.8 Å². The molecule has 33 heavy (non-hydrogen) atoms. The van der Waals surface area contributed by atoms with Gasteiger partial charge in [-0.2, -0.15) is 0 Å². The van der Waals surface area contributed by atoms with Gasteiger partial charge in [-0.1, -0.05) is 19.9 Å². The van der Waals surface area contributed by atoms with Gasteiger partial charge in [0.2, 0.25) is 0 Å². The molecule has 2 saturated carbocycles. The van der Waals surface area contributed by atoms with Gasteiger partial charge in [-0.3, -0.25) is 4.79 Å². The lowest BCUT2D eigenvalue weighted by atomic mass is 9.68. The number of carbonyl (C=O) groups is 1. The highest BCUT2D eigenvalue weighted by Crippen LogP contribution is 2.66. The molecule has 2 atom stereocenters. The number of aromatic nitrogens is 1. The van der Waals surface area contributed by atoms with Gasteiger partial charge in [0.05, 0.1) is 17.5 Å². The number of rotatable bonds is 6. The largest absolute Gasteiger partial charge is 0.438 e. The average molecular weight is 455 g/mol. The van der Waals surface area contributed by atoms with Crippen LogP contribution in [0.2, 0.25) is 0 Å². The van der Waals surface area contributed by atoms with Crippen molar-refractivity contribution in [3.63, 3.8) is 0 Å². The topological polar surface area (TPSA) is 94.0 Å². The average Bonchev–Trinajstić information content (AvgIpc) is 3.34. The van der Waals surface area contributed by atoms with E-state index >= 15 is 0 Å². The number of fused-ring (bicyclic) bond motifs is 2. The van der Waals surface area contributed by atoms with E-state index in [4.69, 9.17) is 15.2 Å². The molecule has 0 aliphatic heterocycles. The molecular formula is C25H28F2N4O2. The fourth-order valence-corrected chi connectivity index (χ4v) is 5.61. The Bertz CT molecular complexity index is 1160. The Balaban J connectivity index is 1.68. The van der Waals surface area contributed by atoms with Gasteiger partial charge in [-0.15, -0.1) is 0 Å². The van der Waals surface area contributed by atoms with Gasteiger partial charge in [-0.25, -0.2) is 13.8 Å². The summed E-state index contributed by atoms with van der Waals surface area (Å²) in [5, 5.41) is 17.4. The summed E-state index contributed by atoms with van der Waals surface area (Å²) >= 11 is 0. The van der Waals surface area contributed by atoms with Gasteiger partial charge in [0, 0.05) is 24.2 Å². The molecule has 1 aromatic carbocycles. The van der Waals surface area contributed by atoms with Crippen molar-refractivity contribution in [3.05, 3.63) is 64.9 Å². The number of carbonyl (C=O) groups excluding carboxylic acids is 1. The van der Waals surface area contributed by atoms with E-state index in [-0.39, 0.29) is 28.8 Å². The monoisotopic (exact) mass is 454 g/mol. The van der Waals surface area contributed by atoms with E-state index < -0.39 is 22.6 Å². The molecule has 174 valence electrons. The van der Waals surface area contributed by atoms with Crippen molar-refractivity contribution < 1.29 is 18.0 Å². The molecule has 2 N–H and O–H groups in total. The van der Waals surface area contributed by atoms with E-state index in [1.54, 1.807) is 11.8 Å². The molecule has 2 bridgehead atoms. The first-order chi connectivity index (χ1) is 15.5. The van der Waals surface area contributed by atoms with E-state index in [1.165, 1.54) is 18.3 Å².